The van der Waals surface area contributed by atoms with Crippen molar-refractivity contribution in [2.75, 3.05) is 0 Å². The molecule has 0 heterocycles. The van der Waals surface area contributed by atoms with Gasteiger partial charge in [-0.15, -0.1) is 0 Å². The van der Waals surface area contributed by atoms with Crippen molar-refractivity contribution in [1.29, 1.82) is 0 Å². The topological polar surface area (TPSA) is 0 Å². The third kappa shape index (κ3) is 4.01. The summed E-state index contributed by atoms with van der Waals surface area (Å²) in [6.07, 6.45) is 18.9. The molecule has 7 atom stereocenters. The summed E-state index contributed by atoms with van der Waals surface area (Å²) in [6.45, 7) is 19.2. The van der Waals surface area contributed by atoms with Gasteiger partial charge in [-0.05, 0) is 124 Å². The summed E-state index contributed by atoms with van der Waals surface area (Å²) in [5.74, 6) is 4.92. The molecule has 0 nitrogen and oxygen atoms in total. The van der Waals surface area contributed by atoms with E-state index >= 15 is 0 Å². The monoisotopic (exact) mass is 400 g/mol. The summed E-state index contributed by atoms with van der Waals surface area (Å²) in [5, 5.41) is 0. The summed E-state index contributed by atoms with van der Waals surface area (Å²) in [5.41, 5.74) is 3.50. The van der Waals surface area contributed by atoms with Gasteiger partial charge in [-0.3, -0.25) is 0 Å². The highest BCUT2D eigenvalue weighted by atomic mass is 14.6. The Bertz CT molecular complexity index is 583. The second kappa shape index (κ2) is 8.70. The van der Waals surface area contributed by atoms with Crippen LogP contribution in [0.3, 0.4) is 0 Å². The van der Waals surface area contributed by atoms with E-state index in [0.29, 0.717) is 16.2 Å². The molecule has 0 aliphatic heterocycles. The normalized spacial score (nSPS) is 46.9. The first-order valence-electron chi connectivity index (χ1n) is 13.3. The van der Waals surface area contributed by atoms with E-state index in [4.69, 9.17) is 0 Å². The Morgan fingerprint density at radius 2 is 1.41 bits per heavy atom. The molecule has 0 aromatic carbocycles. The van der Waals surface area contributed by atoms with Crippen LogP contribution in [0.15, 0.2) is 11.6 Å². The zero-order valence-corrected chi connectivity index (χ0v) is 21.2. The van der Waals surface area contributed by atoms with Gasteiger partial charge < -0.3 is 0 Å². The quantitative estimate of drug-likeness (QED) is 0.384. The van der Waals surface area contributed by atoms with E-state index in [1.165, 1.54) is 64.2 Å². The number of hydrogen-bond acceptors (Lipinski definition) is 0. The van der Waals surface area contributed by atoms with Crippen LogP contribution in [0.5, 0.6) is 0 Å². The molecule has 0 aromatic heterocycles. The molecule has 0 heteroatoms. The Labute approximate surface area is 183 Å². The highest BCUT2D eigenvalue weighted by molar-refractivity contribution is 5.15. The first kappa shape index (κ1) is 23.4. The molecular weight excluding hydrogens is 348 g/mol. The van der Waals surface area contributed by atoms with Crippen molar-refractivity contribution >= 4 is 0 Å². The van der Waals surface area contributed by atoms with Crippen LogP contribution < -0.4 is 0 Å². The Morgan fingerprint density at radius 3 is 2.10 bits per heavy atom. The first-order chi connectivity index (χ1) is 13.7. The molecule has 0 aromatic rings. The predicted molar refractivity (Wildman–Crippen MR) is 129 cm³/mol. The summed E-state index contributed by atoms with van der Waals surface area (Å²) in [7, 11) is 0. The lowest BCUT2D eigenvalue weighted by Crippen LogP contribution is -2.55. The maximum Gasteiger partial charge on any atom is -0.0149 e. The lowest BCUT2D eigenvalue weighted by molar-refractivity contribution is -0.127. The zero-order valence-electron chi connectivity index (χ0n) is 21.2. The molecule has 0 amide bonds. The second-order valence-electron chi connectivity index (χ2n) is 12.4. The first-order valence-corrected chi connectivity index (χ1v) is 13.3. The van der Waals surface area contributed by atoms with E-state index in [2.05, 4.69) is 47.6 Å². The van der Waals surface area contributed by atoms with Gasteiger partial charge >= 0.3 is 0 Å². The molecule has 4 fully saturated rings. The Morgan fingerprint density at radius 1 is 0.724 bits per heavy atom. The van der Waals surface area contributed by atoms with E-state index in [0.717, 1.165) is 29.6 Å². The minimum absolute atomic E-state index is 0.581. The van der Waals surface area contributed by atoms with Gasteiger partial charge in [-0.1, -0.05) is 59.6 Å². The molecule has 0 spiro atoms. The van der Waals surface area contributed by atoms with Gasteiger partial charge in [0.1, 0.15) is 0 Å². The number of allylic oxidation sites excluding steroid dienone is 2. The molecule has 29 heavy (non-hydrogen) atoms. The fourth-order valence-corrected chi connectivity index (χ4v) is 8.84. The maximum atomic E-state index is 2.75. The summed E-state index contributed by atoms with van der Waals surface area (Å²) in [6, 6.07) is 0. The lowest BCUT2D eigenvalue weighted by atomic mass is 9.42. The van der Waals surface area contributed by atoms with Crippen LogP contribution in [0.1, 0.15) is 126 Å². The number of hydrogen-bond donors (Lipinski definition) is 0. The third-order valence-corrected chi connectivity index (χ3v) is 10.8. The molecule has 0 radical (unpaired) electrons. The molecule has 0 saturated heterocycles. The summed E-state index contributed by atoms with van der Waals surface area (Å²) < 4.78 is 0. The van der Waals surface area contributed by atoms with Crippen LogP contribution in [-0.2, 0) is 0 Å². The van der Waals surface area contributed by atoms with Crippen molar-refractivity contribution in [2.45, 2.75) is 126 Å². The fraction of sp³-hybridized carbons (Fsp3) is 0.931. The van der Waals surface area contributed by atoms with Crippen LogP contribution >= 0.6 is 0 Å². The second-order valence-corrected chi connectivity index (χ2v) is 12.4. The fourth-order valence-electron chi connectivity index (χ4n) is 8.84. The van der Waals surface area contributed by atoms with Gasteiger partial charge in [0, 0.05) is 0 Å². The summed E-state index contributed by atoms with van der Waals surface area (Å²) in [4.78, 5) is 0. The summed E-state index contributed by atoms with van der Waals surface area (Å²) >= 11 is 0. The van der Waals surface area contributed by atoms with Crippen LogP contribution in [-0.4, -0.2) is 0 Å². The van der Waals surface area contributed by atoms with E-state index in [-0.39, 0.29) is 0 Å². The number of fused-ring (bicyclic) bond motifs is 5. The predicted octanol–water partition coefficient (Wildman–Crippen LogP) is 9.44. The van der Waals surface area contributed by atoms with E-state index < -0.39 is 0 Å². The third-order valence-electron chi connectivity index (χ3n) is 10.8. The molecule has 4 aliphatic rings. The maximum absolute atomic E-state index is 2.75. The lowest BCUT2D eigenvalue weighted by Gasteiger charge is -2.63. The van der Waals surface area contributed by atoms with E-state index in [9.17, 15) is 0 Å². The van der Waals surface area contributed by atoms with Crippen molar-refractivity contribution < 1.29 is 0 Å². The molecule has 4 aliphatic carbocycles. The van der Waals surface area contributed by atoms with Gasteiger partial charge in [0.05, 0.1) is 0 Å². The zero-order chi connectivity index (χ0) is 21.4. The van der Waals surface area contributed by atoms with Crippen LogP contribution in [0.25, 0.3) is 0 Å². The smallest absolute Gasteiger partial charge is 0.0149 e. The average Bonchev–Trinajstić information content (AvgIpc) is 2.84. The van der Waals surface area contributed by atoms with Crippen molar-refractivity contribution in [3.63, 3.8) is 0 Å². The highest BCUT2D eigenvalue weighted by Gasteiger charge is 2.58. The minimum Gasteiger partial charge on any atom is -0.0884 e. The standard InChI is InChI=1S/C27H46.C2H6/c1-7-19(2)22-9-8-10-23-21-12-11-20-13-15-25(3,4)17-18-26(20,5)24(21)14-16-27(22,23)6;1-2/h7,20-24H,8-18H2,1-6H3;1-2H3/t20?,21-,22+,23-,24-,26?,27+;/m0./s1. The van der Waals surface area contributed by atoms with Gasteiger partial charge in [0.25, 0.3) is 0 Å². The molecule has 4 saturated carbocycles. The average molecular weight is 401 g/mol. The van der Waals surface area contributed by atoms with Crippen molar-refractivity contribution in [1.82, 2.24) is 0 Å². The number of rotatable bonds is 1. The van der Waals surface area contributed by atoms with Gasteiger partial charge in [0.2, 0.25) is 0 Å². The SMILES string of the molecule is CC.CC=C(C)[C@H]1CCC[C@H]2[C@@H]3CCC4CCC(C)(C)CCC4(C)[C@H]3CC[C@]12C. The van der Waals surface area contributed by atoms with Gasteiger partial charge in [-0.2, -0.15) is 0 Å². The van der Waals surface area contributed by atoms with Crippen LogP contribution in [0.2, 0.25) is 0 Å². The largest absolute Gasteiger partial charge is 0.0884 e. The van der Waals surface area contributed by atoms with Crippen molar-refractivity contribution in [3.8, 4) is 0 Å². The van der Waals surface area contributed by atoms with Crippen molar-refractivity contribution in [3.05, 3.63) is 11.6 Å². The minimum atomic E-state index is 0.581. The Balaban J connectivity index is 0.00000117. The van der Waals surface area contributed by atoms with Crippen LogP contribution in [0.4, 0.5) is 0 Å². The van der Waals surface area contributed by atoms with Crippen LogP contribution in [0, 0.1) is 45.8 Å². The van der Waals surface area contributed by atoms with Crippen molar-refractivity contribution in [2.24, 2.45) is 45.8 Å². The Hall–Kier alpha value is -0.260. The molecule has 4 rings (SSSR count). The van der Waals surface area contributed by atoms with Gasteiger partial charge in [-0.25, -0.2) is 0 Å². The van der Waals surface area contributed by atoms with Gasteiger partial charge in [0.15, 0.2) is 0 Å². The molecular formula is C29H52. The van der Waals surface area contributed by atoms with E-state index in [1.807, 2.05) is 13.8 Å². The molecule has 2 unspecified atom stereocenters. The van der Waals surface area contributed by atoms with E-state index in [1.54, 1.807) is 12.0 Å². The highest BCUT2D eigenvalue weighted by Crippen LogP contribution is 2.67. The molecule has 0 N–H and O–H groups in total. The molecule has 168 valence electrons. The Kier molecular flexibility index (Phi) is 7.02. The molecule has 0 bridgehead atoms.